The van der Waals surface area contributed by atoms with Crippen LogP contribution in [0.25, 0.3) is 11.4 Å². The van der Waals surface area contributed by atoms with Crippen LogP contribution in [0, 0.1) is 0 Å². The zero-order chi connectivity index (χ0) is 24.1. The van der Waals surface area contributed by atoms with E-state index in [1.54, 1.807) is 12.0 Å². The van der Waals surface area contributed by atoms with Crippen molar-refractivity contribution in [3.63, 3.8) is 0 Å². The molecular weight excluding hydrogens is 452 g/mol. The molecule has 0 unspecified atom stereocenters. The Kier molecular flexibility index (Phi) is 7.33. The van der Waals surface area contributed by atoms with E-state index in [-0.39, 0.29) is 0 Å². The van der Waals surface area contributed by atoms with Crippen LogP contribution in [0.15, 0.2) is 47.8 Å². The number of pyridine rings is 1. The van der Waals surface area contributed by atoms with Gasteiger partial charge in [-0.2, -0.15) is 0 Å². The number of thiazole rings is 1. The lowest BCUT2D eigenvalue weighted by atomic mass is 10.2. The summed E-state index contributed by atoms with van der Waals surface area (Å²) in [5, 5.41) is 2.48. The van der Waals surface area contributed by atoms with E-state index < -0.39 is 11.7 Å². The van der Waals surface area contributed by atoms with E-state index in [9.17, 15) is 4.79 Å². The number of nitrogens with zero attached hydrogens (tertiary/aromatic N) is 4. The van der Waals surface area contributed by atoms with Crippen LogP contribution in [-0.2, 0) is 16.0 Å². The second-order valence-electron chi connectivity index (χ2n) is 8.91. The third-order valence-electron chi connectivity index (χ3n) is 5.17. The molecular formula is C25H30N4O4S. The van der Waals surface area contributed by atoms with E-state index in [0.29, 0.717) is 24.9 Å². The summed E-state index contributed by atoms with van der Waals surface area (Å²) in [7, 11) is 1.63. The molecule has 9 heteroatoms. The number of amides is 1. The quantitative estimate of drug-likeness (QED) is 0.490. The van der Waals surface area contributed by atoms with Gasteiger partial charge in [0.1, 0.15) is 22.9 Å². The molecule has 1 saturated heterocycles. The predicted octanol–water partition coefficient (Wildman–Crippen LogP) is 4.99. The molecule has 1 aliphatic heterocycles. The molecule has 0 bridgehead atoms. The van der Waals surface area contributed by atoms with Crippen molar-refractivity contribution in [2.45, 2.75) is 32.9 Å². The van der Waals surface area contributed by atoms with Crippen LogP contribution >= 0.6 is 11.3 Å². The number of anilines is 2. The van der Waals surface area contributed by atoms with Gasteiger partial charge in [-0.1, -0.05) is 18.2 Å². The molecule has 0 aliphatic carbocycles. The fourth-order valence-corrected chi connectivity index (χ4v) is 4.29. The van der Waals surface area contributed by atoms with E-state index in [2.05, 4.69) is 4.90 Å². The minimum absolute atomic E-state index is 0.326. The number of carbonyl (C=O) groups excluding carboxylic acids is 1. The number of aromatic nitrogens is 2. The Balaban J connectivity index is 1.59. The molecule has 180 valence electrons. The molecule has 0 saturated carbocycles. The molecule has 1 aromatic carbocycles. The lowest BCUT2D eigenvalue weighted by Gasteiger charge is -2.27. The van der Waals surface area contributed by atoms with Crippen LogP contribution in [-0.4, -0.2) is 55.1 Å². The standard InChI is InChI=1S/C25H30N4O4S/c1-25(2,3)33-24(30)29(16-18-8-10-19(31-4)11-9-18)23-27-21(17-34-23)20-6-5-7-22(26-20)28-12-14-32-15-13-28/h5-11,17H,12-16H2,1-4H3. The highest BCUT2D eigenvalue weighted by Gasteiger charge is 2.26. The van der Waals surface area contributed by atoms with Crippen LogP contribution in [0.3, 0.4) is 0 Å². The Morgan fingerprint density at radius 3 is 2.50 bits per heavy atom. The van der Waals surface area contributed by atoms with Gasteiger partial charge in [-0.3, -0.25) is 0 Å². The molecule has 4 rings (SSSR count). The number of rotatable bonds is 6. The number of ether oxygens (including phenoxy) is 3. The Labute approximate surface area is 204 Å². The predicted molar refractivity (Wildman–Crippen MR) is 134 cm³/mol. The van der Waals surface area contributed by atoms with Gasteiger partial charge in [0.15, 0.2) is 5.13 Å². The summed E-state index contributed by atoms with van der Waals surface area (Å²) >= 11 is 1.39. The number of methoxy groups -OCH3 is 1. The van der Waals surface area contributed by atoms with Crippen molar-refractivity contribution >= 4 is 28.4 Å². The van der Waals surface area contributed by atoms with Crippen LogP contribution < -0.4 is 14.5 Å². The number of hydrogen-bond donors (Lipinski definition) is 0. The first-order valence-corrected chi connectivity index (χ1v) is 12.1. The van der Waals surface area contributed by atoms with Gasteiger partial charge in [-0.05, 0) is 50.6 Å². The maximum atomic E-state index is 13.1. The lowest BCUT2D eigenvalue weighted by molar-refractivity contribution is 0.0577. The smallest absolute Gasteiger partial charge is 0.416 e. The first-order chi connectivity index (χ1) is 16.3. The minimum Gasteiger partial charge on any atom is -0.497 e. The van der Waals surface area contributed by atoms with Gasteiger partial charge in [0, 0.05) is 18.5 Å². The fourth-order valence-electron chi connectivity index (χ4n) is 3.48. The van der Waals surface area contributed by atoms with Crippen LogP contribution in [0.4, 0.5) is 15.7 Å². The van der Waals surface area contributed by atoms with Crippen molar-refractivity contribution in [3.8, 4) is 17.1 Å². The summed E-state index contributed by atoms with van der Waals surface area (Å²) in [5.74, 6) is 1.66. The summed E-state index contributed by atoms with van der Waals surface area (Å²) < 4.78 is 16.4. The Hall–Kier alpha value is -3.17. The van der Waals surface area contributed by atoms with Crippen molar-refractivity contribution in [2.75, 3.05) is 43.2 Å². The fraction of sp³-hybridized carbons (Fsp3) is 0.400. The number of morpholine rings is 1. The highest BCUT2D eigenvalue weighted by atomic mass is 32.1. The van der Waals surface area contributed by atoms with Crippen molar-refractivity contribution in [1.29, 1.82) is 0 Å². The highest BCUT2D eigenvalue weighted by Crippen LogP contribution is 2.30. The van der Waals surface area contributed by atoms with Gasteiger partial charge in [0.25, 0.3) is 0 Å². The first-order valence-electron chi connectivity index (χ1n) is 11.2. The second kappa shape index (κ2) is 10.4. The minimum atomic E-state index is -0.622. The summed E-state index contributed by atoms with van der Waals surface area (Å²) in [5.41, 5.74) is 1.80. The molecule has 1 aliphatic rings. The van der Waals surface area contributed by atoms with Crippen LogP contribution in [0.5, 0.6) is 5.75 Å². The molecule has 0 radical (unpaired) electrons. The van der Waals surface area contributed by atoms with E-state index in [4.69, 9.17) is 24.2 Å². The third kappa shape index (κ3) is 6.03. The monoisotopic (exact) mass is 482 g/mol. The lowest BCUT2D eigenvalue weighted by Crippen LogP contribution is -2.36. The normalized spacial score (nSPS) is 14.1. The third-order valence-corrected chi connectivity index (χ3v) is 6.03. The van der Waals surface area contributed by atoms with Crippen molar-refractivity contribution in [3.05, 3.63) is 53.4 Å². The molecule has 1 fully saturated rings. The van der Waals surface area contributed by atoms with E-state index in [0.717, 1.165) is 41.6 Å². The zero-order valence-corrected chi connectivity index (χ0v) is 20.8. The van der Waals surface area contributed by atoms with Crippen molar-refractivity contribution < 1.29 is 19.0 Å². The number of benzene rings is 1. The number of hydrogen-bond acceptors (Lipinski definition) is 8. The van der Waals surface area contributed by atoms with Crippen molar-refractivity contribution in [1.82, 2.24) is 9.97 Å². The molecule has 3 aromatic rings. The van der Waals surface area contributed by atoms with E-state index in [1.165, 1.54) is 11.3 Å². The van der Waals surface area contributed by atoms with Gasteiger partial charge in [-0.25, -0.2) is 19.7 Å². The van der Waals surface area contributed by atoms with Gasteiger partial charge >= 0.3 is 6.09 Å². The van der Waals surface area contributed by atoms with Crippen LogP contribution in [0.2, 0.25) is 0 Å². The Morgan fingerprint density at radius 2 is 1.82 bits per heavy atom. The molecule has 1 amide bonds. The molecule has 3 heterocycles. The van der Waals surface area contributed by atoms with Gasteiger partial charge in [0.05, 0.1) is 32.6 Å². The van der Waals surface area contributed by atoms with Gasteiger partial charge < -0.3 is 19.1 Å². The average molecular weight is 483 g/mol. The van der Waals surface area contributed by atoms with Gasteiger partial charge in [-0.15, -0.1) is 11.3 Å². The molecule has 34 heavy (non-hydrogen) atoms. The van der Waals surface area contributed by atoms with E-state index >= 15 is 0 Å². The zero-order valence-electron chi connectivity index (χ0n) is 20.0. The molecule has 0 N–H and O–H groups in total. The molecule has 2 aromatic heterocycles. The Morgan fingerprint density at radius 1 is 1.09 bits per heavy atom. The topological polar surface area (TPSA) is 77.0 Å². The summed E-state index contributed by atoms with van der Waals surface area (Å²) in [6, 6.07) is 13.5. The van der Waals surface area contributed by atoms with Crippen molar-refractivity contribution in [2.24, 2.45) is 0 Å². The summed E-state index contributed by atoms with van der Waals surface area (Å²) in [6.07, 6.45) is -0.445. The average Bonchev–Trinajstić information content (AvgIpc) is 3.32. The molecule has 0 spiro atoms. The largest absolute Gasteiger partial charge is 0.497 e. The molecule has 8 nitrogen and oxygen atoms in total. The SMILES string of the molecule is COc1ccc(CN(C(=O)OC(C)(C)C)c2nc(-c3cccc(N4CCOCC4)n3)cs2)cc1. The van der Waals surface area contributed by atoms with E-state index in [1.807, 2.05) is 68.6 Å². The maximum absolute atomic E-state index is 13.1. The summed E-state index contributed by atoms with van der Waals surface area (Å²) in [4.78, 5) is 26.4. The van der Waals surface area contributed by atoms with Crippen LogP contribution in [0.1, 0.15) is 26.3 Å². The van der Waals surface area contributed by atoms with Gasteiger partial charge in [0.2, 0.25) is 0 Å². The maximum Gasteiger partial charge on any atom is 0.416 e. The highest BCUT2D eigenvalue weighted by molar-refractivity contribution is 7.14. The first kappa shape index (κ1) is 24.0. The molecule has 0 atom stereocenters. The number of carbonyl (C=O) groups is 1. The summed E-state index contributed by atoms with van der Waals surface area (Å²) in [6.45, 7) is 8.90. The Bertz CT molecular complexity index is 1100. The second-order valence-corrected chi connectivity index (χ2v) is 9.75.